The van der Waals surface area contributed by atoms with Gasteiger partial charge in [-0.1, -0.05) is 56.7 Å². The van der Waals surface area contributed by atoms with Gasteiger partial charge in [-0.25, -0.2) is 8.42 Å². The fourth-order valence-electron chi connectivity index (χ4n) is 3.70. The summed E-state index contributed by atoms with van der Waals surface area (Å²) >= 11 is 0. The Labute approximate surface area is 174 Å². The summed E-state index contributed by atoms with van der Waals surface area (Å²) in [4.78, 5) is 13.1. The van der Waals surface area contributed by atoms with Crippen LogP contribution in [0.3, 0.4) is 0 Å². The van der Waals surface area contributed by atoms with Gasteiger partial charge in [-0.05, 0) is 48.9 Å². The molecule has 1 aliphatic heterocycles. The summed E-state index contributed by atoms with van der Waals surface area (Å²) in [6, 6.07) is 14.8. The second-order valence-electron chi connectivity index (χ2n) is 8.78. The van der Waals surface area contributed by atoms with E-state index in [9.17, 15) is 13.2 Å². The van der Waals surface area contributed by atoms with Gasteiger partial charge in [0.25, 0.3) is 0 Å². The molecule has 1 aliphatic rings. The molecule has 0 aliphatic carbocycles. The SMILES string of the molecule is Cc1ccc(S(=O)(=O)N2CCC(C(=O)Nc3ccccc3C(C)(C)C)CC2)cc1. The van der Waals surface area contributed by atoms with Crippen LogP contribution in [0.1, 0.15) is 44.7 Å². The first-order valence-electron chi connectivity index (χ1n) is 10.1. The third kappa shape index (κ3) is 4.87. The number of benzene rings is 2. The highest BCUT2D eigenvalue weighted by Gasteiger charge is 2.32. The fourth-order valence-corrected chi connectivity index (χ4v) is 5.17. The van der Waals surface area contributed by atoms with Crippen molar-refractivity contribution >= 4 is 21.6 Å². The van der Waals surface area contributed by atoms with E-state index < -0.39 is 10.0 Å². The average molecular weight is 415 g/mol. The molecule has 0 spiro atoms. The molecule has 0 atom stereocenters. The Morgan fingerprint density at radius 2 is 1.59 bits per heavy atom. The minimum atomic E-state index is -3.51. The first-order valence-corrected chi connectivity index (χ1v) is 11.5. The smallest absolute Gasteiger partial charge is 0.243 e. The minimum absolute atomic E-state index is 0.0333. The third-order valence-electron chi connectivity index (χ3n) is 5.48. The highest BCUT2D eigenvalue weighted by molar-refractivity contribution is 7.89. The first kappa shape index (κ1) is 21.5. The van der Waals surface area contributed by atoms with Crippen LogP contribution in [0.5, 0.6) is 0 Å². The predicted octanol–water partition coefficient (Wildman–Crippen LogP) is 4.33. The van der Waals surface area contributed by atoms with Gasteiger partial charge < -0.3 is 5.32 Å². The Balaban J connectivity index is 1.65. The number of rotatable bonds is 4. The lowest BCUT2D eigenvalue weighted by Gasteiger charge is -2.31. The first-order chi connectivity index (χ1) is 13.6. The zero-order chi connectivity index (χ0) is 21.2. The lowest BCUT2D eigenvalue weighted by molar-refractivity contribution is -0.120. The molecular formula is C23H30N2O3S. The number of nitrogens with one attached hydrogen (secondary N) is 1. The maximum Gasteiger partial charge on any atom is 0.243 e. The van der Waals surface area contributed by atoms with Crippen LogP contribution in [-0.4, -0.2) is 31.7 Å². The molecule has 1 heterocycles. The van der Waals surface area contributed by atoms with Gasteiger partial charge in [-0.15, -0.1) is 0 Å². The van der Waals surface area contributed by atoms with E-state index in [-0.39, 0.29) is 17.2 Å². The number of hydrogen-bond acceptors (Lipinski definition) is 3. The molecule has 0 bridgehead atoms. The third-order valence-corrected chi connectivity index (χ3v) is 7.39. The van der Waals surface area contributed by atoms with E-state index >= 15 is 0 Å². The Hall–Kier alpha value is -2.18. The molecule has 0 radical (unpaired) electrons. The topological polar surface area (TPSA) is 66.5 Å². The Morgan fingerprint density at radius 3 is 2.17 bits per heavy atom. The van der Waals surface area contributed by atoms with Crippen LogP contribution < -0.4 is 5.32 Å². The highest BCUT2D eigenvalue weighted by atomic mass is 32.2. The van der Waals surface area contributed by atoms with Crippen molar-refractivity contribution in [2.75, 3.05) is 18.4 Å². The van der Waals surface area contributed by atoms with Crippen LogP contribution in [0.15, 0.2) is 53.4 Å². The van der Waals surface area contributed by atoms with Gasteiger partial charge in [0.1, 0.15) is 0 Å². The maximum absolute atomic E-state index is 12.8. The molecule has 0 saturated carbocycles. The summed E-state index contributed by atoms with van der Waals surface area (Å²) in [7, 11) is -3.51. The second-order valence-corrected chi connectivity index (χ2v) is 10.7. The van der Waals surface area contributed by atoms with Gasteiger partial charge in [0.05, 0.1) is 4.90 Å². The van der Waals surface area contributed by atoms with Crippen LogP contribution in [0.2, 0.25) is 0 Å². The summed E-state index contributed by atoms with van der Waals surface area (Å²) in [6.07, 6.45) is 1.04. The quantitative estimate of drug-likeness (QED) is 0.810. The van der Waals surface area contributed by atoms with Gasteiger partial charge >= 0.3 is 0 Å². The largest absolute Gasteiger partial charge is 0.326 e. The van der Waals surface area contributed by atoms with Gasteiger partial charge in [0.2, 0.25) is 15.9 Å². The lowest BCUT2D eigenvalue weighted by atomic mass is 9.85. The molecule has 6 heteroatoms. The van der Waals surface area contributed by atoms with Crippen LogP contribution >= 0.6 is 0 Å². The number of anilines is 1. The number of para-hydroxylation sites is 1. The van der Waals surface area contributed by atoms with Crippen molar-refractivity contribution in [1.82, 2.24) is 4.31 Å². The van der Waals surface area contributed by atoms with E-state index in [1.54, 1.807) is 24.3 Å². The minimum Gasteiger partial charge on any atom is -0.326 e. The van der Waals surface area contributed by atoms with Crippen molar-refractivity contribution < 1.29 is 13.2 Å². The molecule has 1 fully saturated rings. The van der Waals surface area contributed by atoms with Crippen LogP contribution in [-0.2, 0) is 20.2 Å². The number of nitrogens with zero attached hydrogens (tertiary/aromatic N) is 1. The summed E-state index contributed by atoms with van der Waals surface area (Å²) in [6.45, 7) is 8.99. The molecule has 2 aromatic rings. The molecule has 3 rings (SSSR count). The van der Waals surface area contributed by atoms with Gasteiger partial charge in [0, 0.05) is 24.7 Å². The van der Waals surface area contributed by atoms with Crippen molar-refractivity contribution in [3.8, 4) is 0 Å². The molecule has 156 valence electrons. The normalized spacial score (nSPS) is 16.6. The maximum atomic E-state index is 12.8. The van der Waals surface area contributed by atoms with Crippen LogP contribution in [0.25, 0.3) is 0 Å². The summed E-state index contributed by atoms with van der Waals surface area (Å²) in [5.41, 5.74) is 2.87. The number of aryl methyl sites for hydroxylation is 1. The molecule has 0 unspecified atom stereocenters. The Kier molecular flexibility index (Phi) is 6.15. The average Bonchev–Trinajstić information content (AvgIpc) is 2.68. The standard InChI is InChI=1S/C23H30N2O3S/c1-17-9-11-19(12-10-17)29(27,28)25-15-13-18(14-16-25)22(26)24-21-8-6-5-7-20(21)23(2,3)4/h5-12,18H,13-16H2,1-4H3,(H,24,26). The van der Waals surface area contributed by atoms with E-state index in [0.29, 0.717) is 30.8 Å². The predicted molar refractivity (Wildman–Crippen MR) is 116 cm³/mol. The van der Waals surface area contributed by atoms with E-state index in [2.05, 4.69) is 26.1 Å². The van der Waals surface area contributed by atoms with Crippen molar-refractivity contribution in [2.24, 2.45) is 5.92 Å². The van der Waals surface area contributed by atoms with Crippen molar-refractivity contribution in [3.05, 3.63) is 59.7 Å². The molecule has 5 nitrogen and oxygen atoms in total. The fraction of sp³-hybridized carbons (Fsp3) is 0.435. The van der Waals surface area contributed by atoms with E-state index in [0.717, 1.165) is 16.8 Å². The monoisotopic (exact) mass is 414 g/mol. The van der Waals surface area contributed by atoms with Crippen LogP contribution in [0.4, 0.5) is 5.69 Å². The molecule has 2 aromatic carbocycles. The number of carbonyl (C=O) groups is 1. The lowest BCUT2D eigenvalue weighted by Crippen LogP contribution is -2.41. The van der Waals surface area contributed by atoms with Crippen molar-refractivity contribution in [3.63, 3.8) is 0 Å². The van der Waals surface area contributed by atoms with E-state index in [1.807, 2.05) is 31.2 Å². The van der Waals surface area contributed by atoms with Gasteiger partial charge in [-0.3, -0.25) is 4.79 Å². The zero-order valence-corrected chi connectivity index (χ0v) is 18.4. The second kappa shape index (κ2) is 8.28. The molecule has 1 amide bonds. The van der Waals surface area contributed by atoms with E-state index in [4.69, 9.17) is 0 Å². The zero-order valence-electron chi connectivity index (χ0n) is 17.6. The number of carbonyl (C=O) groups excluding carboxylic acids is 1. The molecule has 1 N–H and O–H groups in total. The highest BCUT2D eigenvalue weighted by Crippen LogP contribution is 2.31. The number of piperidine rings is 1. The van der Waals surface area contributed by atoms with E-state index in [1.165, 1.54) is 4.31 Å². The molecule has 0 aromatic heterocycles. The van der Waals surface area contributed by atoms with Gasteiger partial charge in [0.15, 0.2) is 0 Å². The number of amides is 1. The Bertz CT molecular complexity index is 968. The van der Waals surface area contributed by atoms with Gasteiger partial charge in [-0.2, -0.15) is 4.31 Å². The Morgan fingerprint density at radius 1 is 1.00 bits per heavy atom. The number of sulfonamides is 1. The molecule has 1 saturated heterocycles. The van der Waals surface area contributed by atoms with Crippen molar-refractivity contribution in [2.45, 2.75) is 50.8 Å². The summed E-state index contributed by atoms with van der Waals surface area (Å²) < 4.78 is 27.2. The van der Waals surface area contributed by atoms with Crippen molar-refractivity contribution in [1.29, 1.82) is 0 Å². The number of hydrogen-bond donors (Lipinski definition) is 1. The molecular weight excluding hydrogens is 384 g/mol. The van der Waals surface area contributed by atoms with Crippen LogP contribution in [0, 0.1) is 12.8 Å². The molecule has 29 heavy (non-hydrogen) atoms. The summed E-state index contributed by atoms with van der Waals surface area (Å²) in [5, 5.41) is 3.07. The summed E-state index contributed by atoms with van der Waals surface area (Å²) in [5.74, 6) is -0.221.